The molecule has 0 fully saturated rings. The quantitative estimate of drug-likeness (QED) is 0.539. The smallest absolute Gasteiger partial charge is 0.269 e. The molecule has 2 aromatic carbocycles. The fourth-order valence-electron chi connectivity index (χ4n) is 3.30. The number of hydrazine groups is 1. The SMILES string of the molecule is CCCc1ccc(CN(NC(CC)c2ccccc2)C(=O)c2cncnc2)cc1. The molecular formula is C24H28N4O. The minimum atomic E-state index is -0.141. The highest BCUT2D eigenvalue weighted by Gasteiger charge is 2.21. The summed E-state index contributed by atoms with van der Waals surface area (Å²) in [6, 6.07) is 18.7. The van der Waals surface area contributed by atoms with Gasteiger partial charge in [0, 0.05) is 12.4 Å². The highest BCUT2D eigenvalue weighted by atomic mass is 16.2. The number of carbonyl (C=O) groups is 1. The Bertz CT molecular complexity index is 882. The number of benzene rings is 2. The Kier molecular flexibility index (Phi) is 7.47. The first-order valence-corrected chi connectivity index (χ1v) is 10.2. The molecule has 1 heterocycles. The van der Waals surface area contributed by atoms with Gasteiger partial charge in [0.15, 0.2) is 0 Å². The van der Waals surface area contributed by atoms with Crippen LogP contribution in [0.2, 0.25) is 0 Å². The highest BCUT2D eigenvalue weighted by Crippen LogP contribution is 2.19. The van der Waals surface area contributed by atoms with Gasteiger partial charge in [-0.05, 0) is 29.5 Å². The Morgan fingerprint density at radius 1 is 0.966 bits per heavy atom. The van der Waals surface area contributed by atoms with Crippen molar-refractivity contribution in [3.8, 4) is 0 Å². The van der Waals surface area contributed by atoms with Crippen molar-refractivity contribution in [3.05, 3.63) is 95.6 Å². The minimum Gasteiger partial charge on any atom is -0.269 e. The van der Waals surface area contributed by atoms with Gasteiger partial charge in [0.1, 0.15) is 6.33 Å². The van der Waals surface area contributed by atoms with E-state index < -0.39 is 0 Å². The first-order chi connectivity index (χ1) is 14.2. The van der Waals surface area contributed by atoms with Gasteiger partial charge in [-0.1, -0.05) is 74.9 Å². The lowest BCUT2D eigenvalue weighted by Crippen LogP contribution is -2.44. The predicted octanol–water partition coefficient (Wildman–Crippen LogP) is 4.73. The number of hydrogen-bond acceptors (Lipinski definition) is 4. The maximum atomic E-state index is 13.2. The summed E-state index contributed by atoms with van der Waals surface area (Å²) in [6.45, 7) is 4.75. The third kappa shape index (κ3) is 5.72. The molecule has 1 amide bonds. The van der Waals surface area contributed by atoms with Gasteiger partial charge in [-0.3, -0.25) is 9.80 Å². The van der Waals surface area contributed by atoms with Gasteiger partial charge in [-0.25, -0.2) is 15.4 Å². The van der Waals surface area contributed by atoms with E-state index in [4.69, 9.17) is 0 Å². The molecule has 0 saturated heterocycles. The molecule has 150 valence electrons. The number of hydrogen-bond donors (Lipinski definition) is 1. The van der Waals surface area contributed by atoms with Crippen molar-refractivity contribution in [2.45, 2.75) is 45.7 Å². The molecule has 0 radical (unpaired) electrons. The van der Waals surface area contributed by atoms with Gasteiger partial charge in [0.2, 0.25) is 0 Å². The lowest BCUT2D eigenvalue weighted by molar-refractivity contribution is 0.0591. The second-order valence-electron chi connectivity index (χ2n) is 7.09. The highest BCUT2D eigenvalue weighted by molar-refractivity contribution is 5.93. The van der Waals surface area contributed by atoms with E-state index in [1.807, 2.05) is 18.2 Å². The summed E-state index contributed by atoms with van der Waals surface area (Å²) in [7, 11) is 0. The molecule has 29 heavy (non-hydrogen) atoms. The van der Waals surface area contributed by atoms with Crippen LogP contribution in [0.1, 0.15) is 59.8 Å². The van der Waals surface area contributed by atoms with Crippen LogP contribution in [0.5, 0.6) is 0 Å². The molecule has 0 aliphatic rings. The van der Waals surface area contributed by atoms with Crippen molar-refractivity contribution in [3.63, 3.8) is 0 Å². The molecule has 1 N–H and O–H groups in total. The van der Waals surface area contributed by atoms with E-state index in [9.17, 15) is 4.79 Å². The summed E-state index contributed by atoms with van der Waals surface area (Å²) < 4.78 is 0. The summed E-state index contributed by atoms with van der Waals surface area (Å²) in [5.74, 6) is -0.141. The molecular weight excluding hydrogens is 360 g/mol. The number of nitrogens with one attached hydrogen (secondary N) is 1. The molecule has 5 heteroatoms. The normalized spacial score (nSPS) is 11.8. The molecule has 0 saturated carbocycles. The molecule has 3 rings (SSSR count). The molecule has 0 aliphatic carbocycles. The van der Waals surface area contributed by atoms with Crippen LogP contribution >= 0.6 is 0 Å². The third-order valence-corrected chi connectivity index (χ3v) is 4.88. The molecule has 5 nitrogen and oxygen atoms in total. The van der Waals surface area contributed by atoms with Gasteiger partial charge in [0.05, 0.1) is 18.2 Å². The molecule has 0 aliphatic heterocycles. The van der Waals surface area contributed by atoms with Crippen LogP contribution in [0.3, 0.4) is 0 Å². The number of rotatable bonds is 9. The van der Waals surface area contributed by atoms with Crippen molar-refractivity contribution in [2.75, 3.05) is 0 Å². The molecule has 1 unspecified atom stereocenters. The monoisotopic (exact) mass is 388 g/mol. The van der Waals surface area contributed by atoms with Crippen molar-refractivity contribution in [2.24, 2.45) is 0 Å². The van der Waals surface area contributed by atoms with E-state index in [2.05, 4.69) is 65.6 Å². The summed E-state index contributed by atoms with van der Waals surface area (Å²) in [6.07, 6.45) is 7.58. The largest absolute Gasteiger partial charge is 0.271 e. The van der Waals surface area contributed by atoms with Crippen molar-refractivity contribution >= 4 is 5.91 Å². The average molecular weight is 389 g/mol. The van der Waals surface area contributed by atoms with Crippen LogP contribution in [0.4, 0.5) is 0 Å². The predicted molar refractivity (Wildman–Crippen MR) is 115 cm³/mol. The van der Waals surface area contributed by atoms with Gasteiger partial charge >= 0.3 is 0 Å². The second kappa shape index (κ2) is 10.5. The van der Waals surface area contributed by atoms with Crippen LogP contribution in [0.25, 0.3) is 0 Å². The van der Waals surface area contributed by atoms with E-state index in [0.717, 1.165) is 30.4 Å². The Morgan fingerprint density at radius 2 is 1.62 bits per heavy atom. The first-order valence-electron chi connectivity index (χ1n) is 10.2. The van der Waals surface area contributed by atoms with Crippen LogP contribution in [0, 0.1) is 0 Å². The van der Waals surface area contributed by atoms with Crippen molar-refractivity contribution in [1.29, 1.82) is 0 Å². The Morgan fingerprint density at radius 3 is 2.24 bits per heavy atom. The minimum absolute atomic E-state index is 0.0316. The van der Waals surface area contributed by atoms with Crippen LogP contribution < -0.4 is 5.43 Å². The van der Waals surface area contributed by atoms with E-state index in [0.29, 0.717) is 12.1 Å². The van der Waals surface area contributed by atoms with Crippen molar-refractivity contribution < 1.29 is 4.79 Å². The first kappa shape index (κ1) is 20.7. The zero-order chi connectivity index (χ0) is 20.5. The van der Waals surface area contributed by atoms with E-state index in [-0.39, 0.29) is 11.9 Å². The Balaban J connectivity index is 1.83. The molecule has 1 aromatic heterocycles. The van der Waals surface area contributed by atoms with Gasteiger partial charge in [-0.15, -0.1) is 0 Å². The summed E-state index contributed by atoms with van der Waals surface area (Å²) in [5, 5.41) is 1.68. The maximum absolute atomic E-state index is 13.2. The lowest BCUT2D eigenvalue weighted by Gasteiger charge is -2.29. The van der Waals surface area contributed by atoms with Gasteiger partial charge in [-0.2, -0.15) is 0 Å². The van der Waals surface area contributed by atoms with E-state index in [1.165, 1.54) is 11.9 Å². The van der Waals surface area contributed by atoms with E-state index in [1.54, 1.807) is 17.4 Å². The van der Waals surface area contributed by atoms with Gasteiger partial charge in [0.25, 0.3) is 5.91 Å². The Hall–Kier alpha value is -3.05. The molecule has 0 bridgehead atoms. The fourth-order valence-corrected chi connectivity index (χ4v) is 3.30. The summed E-state index contributed by atoms with van der Waals surface area (Å²) in [5.41, 5.74) is 7.44. The van der Waals surface area contributed by atoms with Crippen LogP contribution in [-0.2, 0) is 13.0 Å². The number of carbonyl (C=O) groups excluding carboxylic acids is 1. The lowest BCUT2D eigenvalue weighted by atomic mass is 10.1. The topological polar surface area (TPSA) is 58.1 Å². The van der Waals surface area contributed by atoms with E-state index >= 15 is 0 Å². The number of aryl methyl sites for hydroxylation is 1. The number of amides is 1. The zero-order valence-electron chi connectivity index (χ0n) is 17.1. The van der Waals surface area contributed by atoms with Crippen LogP contribution in [0.15, 0.2) is 73.3 Å². The van der Waals surface area contributed by atoms with Crippen molar-refractivity contribution in [1.82, 2.24) is 20.4 Å². The average Bonchev–Trinajstić information content (AvgIpc) is 2.78. The maximum Gasteiger partial charge on any atom is 0.271 e. The summed E-state index contributed by atoms with van der Waals surface area (Å²) >= 11 is 0. The summed E-state index contributed by atoms with van der Waals surface area (Å²) in [4.78, 5) is 21.2. The van der Waals surface area contributed by atoms with Crippen LogP contribution in [-0.4, -0.2) is 20.9 Å². The standard InChI is InChI=1S/C24H28N4O/c1-3-8-19-11-13-20(14-12-19)17-28(24(29)22-15-25-18-26-16-22)27-23(4-2)21-9-6-5-7-10-21/h5-7,9-16,18,23,27H,3-4,8,17H2,1-2H3. The molecule has 3 aromatic rings. The molecule has 1 atom stereocenters. The number of nitrogens with zero attached hydrogens (tertiary/aromatic N) is 3. The zero-order valence-corrected chi connectivity index (χ0v) is 17.1. The third-order valence-electron chi connectivity index (χ3n) is 4.88. The van der Waals surface area contributed by atoms with Gasteiger partial charge < -0.3 is 0 Å². The Labute approximate surface area is 172 Å². The fraction of sp³-hybridized carbons (Fsp3) is 0.292. The molecule has 0 spiro atoms. The second-order valence-corrected chi connectivity index (χ2v) is 7.09. The number of aromatic nitrogens is 2.